The molecule has 0 amide bonds. The summed E-state index contributed by atoms with van der Waals surface area (Å²) in [4.78, 5) is 2.44. The average molecular weight is 760 g/mol. The molecule has 2 nitrogen and oxygen atoms in total. The van der Waals surface area contributed by atoms with E-state index >= 15 is 0 Å². The maximum Gasteiger partial charge on any atom is 0.143 e. The Hall–Kier alpha value is -6.94. The number of anilines is 3. The number of hydrogen-bond donors (Lipinski definition) is 0. The Morgan fingerprint density at radius 1 is 0.431 bits per heavy atom. The van der Waals surface area contributed by atoms with Gasteiger partial charge in [0.05, 0.1) is 5.69 Å². The Bertz CT molecular complexity index is 3420. The third-order valence-electron chi connectivity index (χ3n) is 12.5. The Morgan fingerprint density at radius 2 is 1.02 bits per heavy atom. The van der Waals surface area contributed by atoms with Crippen LogP contribution in [0.15, 0.2) is 192 Å². The van der Waals surface area contributed by atoms with Gasteiger partial charge in [0.15, 0.2) is 0 Å². The van der Waals surface area contributed by atoms with Gasteiger partial charge in [-0.3, -0.25) is 0 Å². The summed E-state index contributed by atoms with van der Waals surface area (Å²) in [6.45, 7) is 4.71. The van der Waals surface area contributed by atoms with Crippen LogP contribution in [-0.2, 0) is 5.41 Å². The van der Waals surface area contributed by atoms with Crippen molar-refractivity contribution in [3.63, 3.8) is 0 Å². The van der Waals surface area contributed by atoms with Gasteiger partial charge in [0.25, 0.3) is 0 Å². The summed E-state index contributed by atoms with van der Waals surface area (Å²) in [6.07, 6.45) is 0. The topological polar surface area (TPSA) is 16.4 Å². The number of benzene rings is 9. The summed E-state index contributed by atoms with van der Waals surface area (Å²) in [5.41, 5.74) is 15.1. The lowest BCUT2D eigenvalue weighted by Gasteiger charge is -2.29. The Balaban J connectivity index is 1.02. The molecular formula is C55H37NOS. The van der Waals surface area contributed by atoms with Gasteiger partial charge in [0.2, 0.25) is 0 Å². The van der Waals surface area contributed by atoms with E-state index in [0.29, 0.717) is 0 Å². The van der Waals surface area contributed by atoms with Crippen molar-refractivity contribution in [3.8, 4) is 33.4 Å². The molecule has 0 atom stereocenters. The zero-order valence-corrected chi connectivity index (χ0v) is 33.0. The van der Waals surface area contributed by atoms with E-state index < -0.39 is 0 Å². The van der Waals surface area contributed by atoms with Crippen LogP contribution in [0, 0.1) is 0 Å². The number of thiophene rings is 1. The third kappa shape index (κ3) is 4.84. The van der Waals surface area contributed by atoms with Gasteiger partial charge in [-0.2, -0.15) is 0 Å². The van der Waals surface area contributed by atoms with E-state index in [2.05, 4.69) is 207 Å². The molecule has 0 spiro atoms. The number of furan rings is 1. The molecule has 0 aliphatic heterocycles. The minimum atomic E-state index is -0.111. The molecule has 0 unspecified atom stereocenters. The maximum absolute atomic E-state index is 6.75. The first-order chi connectivity index (χ1) is 28.5. The minimum Gasteiger partial charge on any atom is -0.455 e. The standard InChI is InChI=1S/C55H37NOS/c1-55(2)46-19-7-5-14-44(46)52-47(55)20-11-21-48(52)56(37-29-24-35(25-30-37)39-16-10-23-50-51(39)45-15-6-8-22-49(45)58-50)38-31-26-36(27-32-38)41-17-9-18-42-43-33-28-34-12-3-4-13-40(34)54(43)57-53(41)42/h3-33H,1-2H3. The summed E-state index contributed by atoms with van der Waals surface area (Å²) in [5.74, 6) is 0. The van der Waals surface area contributed by atoms with Crippen LogP contribution < -0.4 is 4.90 Å². The molecule has 2 aromatic heterocycles. The van der Waals surface area contributed by atoms with Gasteiger partial charge in [-0.05, 0) is 87.3 Å². The zero-order chi connectivity index (χ0) is 38.5. The molecular weight excluding hydrogens is 723 g/mol. The van der Waals surface area contributed by atoms with Crippen molar-refractivity contribution < 1.29 is 4.42 Å². The van der Waals surface area contributed by atoms with E-state index in [1.807, 2.05) is 11.3 Å². The fourth-order valence-corrected chi connectivity index (χ4v) is 10.8. The molecule has 0 fully saturated rings. The molecule has 12 rings (SSSR count). The van der Waals surface area contributed by atoms with Crippen molar-refractivity contribution in [2.75, 3.05) is 4.90 Å². The molecule has 58 heavy (non-hydrogen) atoms. The van der Waals surface area contributed by atoms with Crippen LogP contribution in [0.4, 0.5) is 17.1 Å². The van der Waals surface area contributed by atoms with Gasteiger partial charge >= 0.3 is 0 Å². The monoisotopic (exact) mass is 759 g/mol. The van der Waals surface area contributed by atoms with E-state index in [9.17, 15) is 0 Å². The first-order valence-corrected chi connectivity index (χ1v) is 20.8. The van der Waals surface area contributed by atoms with Gasteiger partial charge in [0, 0.05) is 64.2 Å². The third-order valence-corrected chi connectivity index (χ3v) is 13.6. The lowest BCUT2D eigenvalue weighted by molar-refractivity contribution is 0.660. The van der Waals surface area contributed by atoms with Gasteiger partial charge in [-0.15, -0.1) is 11.3 Å². The highest BCUT2D eigenvalue weighted by Crippen LogP contribution is 2.54. The molecule has 1 aliphatic carbocycles. The normalized spacial score (nSPS) is 13.1. The van der Waals surface area contributed by atoms with E-state index in [1.54, 1.807) is 0 Å². The van der Waals surface area contributed by atoms with Crippen molar-refractivity contribution in [1.82, 2.24) is 0 Å². The summed E-state index contributed by atoms with van der Waals surface area (Å²) in [5, 5.41) is 7.25. The van der Waals surface area contributed by atoms with Crippen molar-refractivity contribution in [3.05, 3.63) is 199 Å². The first-order valence-electron chi connectivity index (χ1n) is 20.0. The molecule has 1 aliphatic rings. The van der Waals surface area contributed by atoms with E-state index in [1.165, 1.54) is 64.6 Å². The van der Waals surface area contributed by atoms with E-state index in [4.69, 9.17) is 4.42 Å². The molecule has 0 saturated heterocycles. The Labute approximate surface area is 340 Å². The second-order valence-electron chi connectivity index (χ2n) is 16.0. The number of para-hydroxylation sites is 1. The molecule has 0 saturated carbocycles. The summed E-state index contributed by atoms with van der Waals surface area (Å²) in [6, 6.07) is 68.8. The van der Waals surface area contributed by atoms with Gasteiger partial charge < -0.3 is 9.32 Å². The van der Waals surface area contributed by atoms with Crippen molar-refractivity contribution in [1.29, 1.82) is 0 Å². The highest BCUT2D eigenvalue weighted by molar-refractivity contribution is 7.25. The summed E-state index contributed by atoms with van der Waals surface area (Å²) >= 11 is 1.87. The predicted molar refractivity (Wildman–Crippen MR) is 247 cm³/mol. The minimum absolute atomic E-state index is 0.111. The molecule has 0 radical (unpaired) electrons. The molecule has 2 heterocycles. The number of nitrogens with zero attached hydrogens (tertiary/aromatic N) is 1. The quantitative estimate of drug-likeness (QED) is 0.174. The van der Waals surface area contributed by atoms with Crippen molar-refractivity contribution >= 4 is 81.3 Å². The van der Waals surface area contributed by atoms with Crippen LogP contribution in [-0.4, -0.2) is 0 Å². The van der Waals surface area contributed by atoms with Gasteiger partial charge in [0.1, 0.15) is 11.2 Å². The smallest absolute Gasteiger partial charge is 0.143 e. The van der Waals surface area contributed by atoms with E-state index in [-0.39, 0.29) is 5.41 Å². The fraction of sp³-hybridized carbons (Fsp3) is 0.0545. The second kappa shape index (κ2) is 12.5. The van der Waals surface area contributed by atoms with Crippen LogP contribution in [0.1, 0.15) is 25.0 Å². The number of hydrogen-bond acceptors (Lipinski definition) is 3. The largest absolute Gasteiger partial charge is 0.455 e. The van der Waals surface area contributed by atoms with Gasteiger partial charge in [-0.25, -0.2) is 0 Å². The maximum atomic E-state index is 6.75. The SMILES string of the molecule is CC1(C)c2ccccc2-c2c(N(c3ccc(-c4cccc5c4oc4c6ccccc6ccc54)cc3)c3ccc(-c4cccc5sc6ccccc6c45)cc3)cccc21. The molecule has 274 valence electrons. The molecule has 11 aromatic rings. The highest BCUT2D eigenvalue weighted by Gasteiger charge is 2.37. The van der Waals surface area contributed by atoms with E-state index in [0.717, 1.165) is 49.8 Å². The molecule has 0 bridgehead atoms. The van der Waals surface area contributed by atoms with Crippen molar-refractivity contribution in [2.45, 2.75) is 19.3 Å². The average Bonchev–Trinajstić information content (AvgIpc) is 3.93. The molecule has 0 N–H and O–H groups in total. The number of rotatable bonds is 5. The van der Waals surface area contributed by atoms with Crippen molar-refractivity contribution in [2.24, 2.45) is 0 Å². The van der Waals surface area contributed by atoms with Crippen LogP contribution in [0.2, 0.25) is 0 Å². The second-order valence-corrected chi connectivity index (χ2v) is 17.1. The van der Waals surface area contributed by atoms with Crippen LogP contribution >= 0.6 is 11.3 Å². The van der Waals surface area contributed by atoms with Crippen LogP contribution in [0.3, 0.4) is 0 Å². The van der Waals surface area contributed by atoms with Crippen LogP contribution in [0.25, 0.3) is 86.3 Å². The van der Waals surface area contributed by atoms with Crippen LogP contribution in [0.5, 0.6) is 0 Å². The number of fused-ring (bicyclic) bond motifs is 11. The molecule has 3 heteroatoms. The predicted octanol–water partition coefficient (Wildman–Crippen LogP) is 16.2. The highest BCUT2D eigenvalue weighted by atomic mass is 32.1. The zero-order valence-electron chi connectivity index (χ0n) is 32.2. The lowest BCUT2D eigenvalue weighted by Crippen LogP contribution is -2.16. The first kappa shape index (κ1) is 33.2. The molecule has 9 aromatic carbocycles. The summed E-state index contributed by atoms with van der Waals surface area (Å²) < 4.78 is 9.39. The Kier molecular flexibility index (Phi) is 7.18. The Morgan fingerprint density at radius 3 is 1.84 bits per heavy atom. The fourth-order valence-electron chi connectivity index (χ4n) is 9.70. The summed E-state index contributed by atoms with van der Waals surface area (Å²) in [7, 11) is 0. The lowest BCUT2D eigenvalue weighted by atomic mass is 9.82. The van der Waals surface area contributed by atoms with Gasteiger partial charge in [-0.1, -0.05) is 153 Å².